The van der Waals surface area contributed by atoms with Crippen LogP contribution in [-0.4, -0.2) is 30.5 Å². The fourth-order valence-electron chi connectivity index (χ4n) is 0.643. The Kier molecular flexibility index (Phi) is 4.32. The predicted molar refractivity (Wildman–Crippen MR) is 52.8 cm³/mol. The maximum absolute atomic E-state index is 13.2. The molecule has 14 heavy (non-hydrogen) atoms. The van der Waals surface area contributed by atoms with Gasteiger partial charge in [-0.1, -0.05) is 0 Å². The van der Waals surface area contributed by atoms with Crippen molar-refractivity contribution in [3.63, 3.8) is 0 Å². The Morgan fingerprint density at radius 2 is 1.93 bits per heavy atom. The summed E-state index contributed by atoms with van der Waals surface area (Å²) in [6.07, 6.45) is -0.630. The lowest BCUT2D eigenvalue weighted by molar-refractivity contribution is 0.0489. The number of hydrogen-bond donors (Lipinski definition) is 2. The van der Waals surface area contributed by atoms with Crippen molar-refractivity contribution in [3.8, 4) is 0 Å². The van der Waals surface area contributed by atoms with Crippen molar-refractivity contribution in [2.24, 2.45) is 5.73 Å². The highest BCUT2D eigenvalue weighted by Gasteiger charge is 2.23. The number of ether oxygens (including phenoxy) is 1. The maximum Gasteiger partial charge on any atom is 0.407 e. The van der Waals surface area contributed by atoms with Crippen LogP contribution < -0.4 is 11.1 Å². The number of carbonyl (C=O) groups excluding carboxylic acids is 1. The zero-order chi connectivity index (χ0) is 11.4. The van der Waals surface area contributed by atoms with Gasteiger partial charge in [-0.05, 0) is 27.7 Å². The van der Waals surface area contributed by atoms with Crippen LogP contribution in [0.2, 0.25) is 0 Å². The molecule has 0 heterocycles. The standard InChI is InChI=1S/C9H19FN2O2/c1-8(2,3)14-7(13)12-6-9(4,10)5-11/h5-6,11H2,1-4H3,(H,12,13). The zero-order valence-electron chi connectivity index (χ0n) is 9.19. The minimum atomic E-state index is -1.59. The summed E-state index contributed by atoms with van der Waals surface area (Å²) < 4.78 is 18.1. The smallest absolute Gasteiger partial charge is 0.407 e. The van der Waals surface area contributed by atoms with E-state index in [1.807, 2.05) is 0 Å². The molecule has 5 heteroatoms. The van der Waals surface area contributed by atoms with Gasteiger partial charge >= 0.3 is 6.09 Å². The summed E-state index contributed by atoms with van der Waals surface area (Å²) in [6.45, 7) is 6.27. The molecule has 0 aromatic rings. The van der Waals surface area contributed by atoms with Gasteiger partial charge < -0.3 is 15.8 Å². The van der Waals surface area contributed by atoms with Gasteiger partial charge in [0.1, 0.15) is 11.3 Å². The maximum atomic E-state index is 13.2. The van der Waals surface area contributed by atoms with Crippen LogP contribution in [0.25, 0.3) is 0 Å². The van der Waals surface area contributed by atoms with E-state index in [1.54, 1.807) is 20.8 Å². The van der Waals surface area contributed by atoms with Crippen LogP contribution in [0.3, 0.4) is 0 Å². The van der Waals surface area contributed by atoms with Gasteiger partial charge in [0.15, 0.2) is 0 Å². The quantitative estimate of drug-likeness (QED) is 0.729. The molecule has 0 aliphatic carbocycles. The van der Waals surface area contributed by atoms with Crippen LogP contribution in [0.4, 0.5) is 9.18 Å². The highest BCUT2D eigenvalue weighted by atomic mass is 19.1. The van der Waals surface area contributed by atoms with Gasteiger partial charge in [-0.15, -0.1) is 0 Å². The second-order valence-electron chi connectivity index (χ2n) is 4.47. The monoisotopic (exact) mass is 206 g/mol. The van der Waals surface area contributed by atoms with E-state index in [9.17, 15) is 9.18 Å². The van der Waals surface area contributed by atoms with Gasteiger partial charge in [0.2, 0.25) is 0 Å². The highest BCUT2D eigenvalue weighted by molar-refractivity contribution is 5.67. The number of carbonyl (C=O) groups is 1. The largest absolute Gasteiger partial charge is 0.444 e. The highest BCUT2D eigenvalue weighted by Crippen LogP contribution is 2.08. The van der Waals surface area contributed by atoms with E-state index < -0.39 is 17.4 Å². The van der Waals surface area contributed by atoms with E-state index in [-0.39, 0.29) is 13.1 Å². The lowest BCUT2D eigenvalue weighted by atomic mass is 10.1. The molecule has 1 unspecified atom stereocenters. The van der Waals surface area contributed by atoms with Crippen LogP contribution in [-0.2, 0) is 4.74 Å². The molecule has 4 nitrogen and oxygen atoms in total. The molecule has 0 saturated carbocycles. The number of alkyl halides is 1. The molecular formula is C9H19FN2O2. The Hall–Kier alpha value is -0.840. The van der Waals surface area contributed by atoms with Crippen molar-refractivity contribution in [1.29, 1.82) is 0 Å². The van der Waals surface area contributed by atoms with E-state index in [1.165, 1.54) is 6.92 Å². The van der Waals surface area contributed by atoms with Crippen LogP contribution in [0.5, 0.6) is 0 Å². The fraction of sp³-hybridized carbons (Fsp3) is 0.889. The summed E-state index contributed by atoms with van der Waals surface area (Å²) in [4.78, 5) is 11.1. The first-order valence-electron chi connectivity index (χ1n) is 4.52. The van der Waals surface area contributed by atoms with Crippen LogP contribution >= 0.6 is 0 Å². The van der Waals surface area contributed by atoms with E-state index in [0.717, 1.165) is 0 Å². The first-order chi connectivity index (χ1) is 6.16. The minimum Gasteiger partial charge on any atom is -0.444 e. The van der Waals surface area contributed by atoms with E-state index in [4.69, 9.17) is 10.5 Å². The predicted octanol–water partition coefficient (Wildman–Crippen LogP) is 1.20. The second kappa shape index (κ2) is 4.59. The molecule has 0 fully saturated rings. The van der Waals surface area contributed by atoms with Crippen LogP contribution in [0.15, 0.2) is 0 Å². The van der Waals surface area contributed by atoms with Crippen molar-refractivity contribution in [1.82, 2.24) is 5.32 Å². The summed E-state index contributed by atoms with van der Waals surface area (Å²) in [5, 5.41) is 2.31. The van der Waals surface area contributed by atoms with Crippen molar-refractivity contribution < 1.29 is 13.9 Å². The molecular weight excluding hydrogens is 187 g/mol. The normalized spacial score (nSPS) is 15.9. The van der Waals surface area contributed by atoms with Crippen LogP contribution in [0.1, 0.15) is 27.7 Å². The third-order valence-electron chi connectivity index (χ3n) is 1.43. The van der Waals surface area contributed by atoms with Gasteiger partial charge in [-0.25, -0.2) is 9.18 Å². The number of hydrogen-bond acceptors (Lipinski definition) is 3. The number of nitrogens with one attached hydrogen (secondary N) is 1. The van der Waals surface area contributed by atoms with Gasteiger partial charge in [-0.2, -0.15) is 0 Å². The van der Waals surface area contributed by atoms with E-state index in [0.29, 0.717) is 0 Å². The topological polar surface area (TPSA) is 64.3 Å². The number of alkyl carbamates (subject to hydrolysis) is 1. The fourth-order valence-corrected chi connectivity index (χ4v) is 0.643. The van der Waals surface area contributed by atoms with Gasteiger partial charge in [0.25, 0.3) is 0 Å². The number of nitrogens with two attached hydrogens (primary N) is 1. The molecule has 0 bridgehead atoms. The molecule has 1 amide bonds. The van der Waals surface area contributed by atoms with Crippen molar-refractivity contribution in [2.75, 3.05) is 13.1 Å². The lowest BCUT2D eigenvalue weighted by Gasteiger charge is -2.22. The Labute approximate surface area is 84.0 Å². The molecule has 0 aromatic carbocycles. The molecule has 0 rings (SSSR count). The summed E-state index contributed by atoms with van der Waals surface area (Å²) in [6, 6.07) is 0. The average Bonchev–Trinajstić information content (AvgIpc) is 1.98. The lowest BCUT2D eigenvalue weighted by Crippen LogP contribution is -2.44. The summed E-state index contributed by atoms with van der Waals surface area (Å²) in [5.41, 5.74) is 3.00. The average molecular weight is 206 g/mol. The minimum absolute atomic E-state index is 0.136. The number of halogens is 1. The van der Waals surface area contributed by atoms with Crippen molar-refractivity contribution in [2.45, 2.75) is 39.0 Å². The van der Waals surface area contributed by atoms with Gasteiger partial charge in [0.05, 0.1) is 6.54 Å². The van der Waals surface area contributed by atoms with Gasteiger partial charge in [-0.3, -0.25) is 0 Å². The first kappa shape index (κ1) is 13.2. The molecule has 0 spiro atoms. The Morgan fingerprint density at radius 3 is 2.29 bits per heavy atom. The van der Waals surface area contributed by atoms with E-state index >= 15 is 0 Å². The van der Waals surface area contributed by atoms with Gasteiger partial charge in [0, 0.05) is 6.54 Å². The molecule has 84 valence electrons. The summed E-state index contributed by atoms with van der Waals surface area (Å²) in [5.74, 6) is 0. The molecule has 0 radical (unpaired) electrons. The number of rotatable bonds is 3. The molecule has 0 aliphatic heterocycles. The Morgan fingerprint density at radius 1 is 1.43 bits per heavy atom. The molecule has 0 aliphatic rings. The third kappa shape index (κ3) is 6.65. The SMILES string of the molecule is CC(F)(CN)CNC(=O)OC(C)(C)C. The molecule has 0 aromatic heterocycles. The summed E-state index contributed by atoms with van der Waals surface area (Å²) in [7, 11) is 0. The first-order valence-corrected chi connectivity index (χ1v) is 4.52. The third-order valence-corrected chi connectivity index (χ3v) is 1.43. The van der Waals surface area contributed by atoms with E-state index in [2.05, 4.69) is 5.32 Å². The second-order valence-corrected chi connectivity index (χ2v) is 4.47. The van der Waals surface area contributed by atoms with Crippen molar-refractivity contribution >= 4 is 6.09 Å². The molecule has 3 N–H and O–H groups in total. The Balaban J connectivity index is 3.87. The Bertz CT molecular complexity index is 199. The summed E-state index contributed by atoms with van der Waals surface area (Å²) >= 11 is 0. The molecule has 0 saturated heterocycles. The number of amides is 1. The zero-order valence-corrected chi connectivity index (χ0v) is 9.19. The van der Waals surface area contributed by atoms with Crippen molar-refractivity contribution in [3.05, 3.63) is 0 Å². The van der Waals surface area contributed by atoms with Crippen LogP contribution in [0, 0.1) is 0 Å². The molecule has 1 atom stereocenters.